The molecule has 1 aliphatic carbocycles. The number of methoxy groups -OCH3 is 1. The Morgan fingerprint density at radius 1 is 1.02 bits per heavy atom. The van der Waals surface area contributed by atoms with Crippen LogP contribution in [0.15, 0.2) is 102 Å². The van der Waals surface area contributed by atoms with Crippen LogP contribution in [0.1, 0.15) is 32.6 Å². The Hall–Kier alpha value is -5.76. The van der Waals surface area contributed by atoms with Gasteiger partial charge in [-0.2, -0.15) is 0 Å². The minimum Gasteiger partial charge on any atom is -0.497 e. The van der Waals surface area contributed by atoms with Gasteiger partial charge in [-0.05, 0) is 37.1 Å². The molecule has 0 bridgehead atoms. The van der Waals surface area contributed by atoms with E-state index >= 15 is 0 Å². The van der Waals surface area contributed by atoms with Crippen molar-refractivity contribution in [1.82, 2.24) is 25.2 Å². The summed E-state index contributed by atoms with van der Waals surface area (Å²) in [7, 11) is -2.68. The molecular weight excluding hydrogens is 699 g/mol. The fourth-order valence-corrected chi connectivity index (χ4v) is 7.60. The van der Waals surface area contributed by atoms with Crippen molar-refractivity contribution in [1.29, 1.82) is 0 Å². The van der Waals surface area contributed by atoms with Crippen LogP contribution < -0.4 is 24.8 Å². The zero-order valence-electron chi connectivity index (χ0n) is 29.4. The standard InChI is InChI=1S/C39H41N5O8S/c1-4-12-35(45)40-23-36(46)44-24-28(52-34-21-31(25-13-8-6-9-14-25)41-32-19-27(51-3)17-18-30(32)34)20-33(44)37(47)42-39(22-26(39)5-2)38(48)43-53(49,50)29-15-10-7-11-16-29/h5-11,13-19,21,26,28,33H,2,4,12,20,22-24H2,1,3H3,(H,40,45)(H,42,47)(H,43,48)/t26-,28-,33+,39-/m1/s1. The number of fused-ring (bicyclic) bond motifs is 1. The molecule has 0 spiro atoms. The molecule has 14 heteroatoms. The number of carbonyl (C=O) groups excluding carboxylic acids is 4. The lowest BCUT2D eigenvalue weighted by atomic mass is 10.1. The van der Waals surface area contributed by atoms with E-state index < -0.39 is 51.3 Å². The first-order valence-electron chi connectivity index (χ1n) is 17.3. The second-order valence-electron chi connectivity index (χ2n) is 13.1. The number of benzene rings is 3. The molecule has 1 saturated heterocycles. The molecule has 0 unspecified atom stereocenters. The molecule has 1 aromatic heterocycles. The number of sulfonamides is 1. The number of amides is 4. The van der Waals surface area contributed by atoms with Gasteiger partial charge in [-0.3, -0.25) is 19.2 Å². The fraction of sp³-hybridized carbons (Fsp3) is 0.308. The van der Waals surface area contributed by atoms with E-state index in [9.17, 15) is 27.6 Å². The van der Waals surface area contributed by atoms with Crippen molar-refractivity contribution in [3.63, 3.8) is 0 Å². The van der Waals surface area contributed by atoms with Gasteiger partial charge in [0.05, 0.1) is 36.3 Å². The number of nitrogens with one attached hydrogen (secondary N) is 3. The van der Waals surface area contributed by atoms with Crippen molar-refractivity contribution in [2.45, 2.75) is 55.2 Å². The monoisotopic (exact) mass is 739 g/mol. The molecule has 4 aromatic rings. The minimum absolute atomic E-state index is 0.00627. The molecule has 1 saturated carbocycles. The third-order valence-corrected chi connectivity index (χ3v) is 10.8. The number of hydrogen-bond acceptors (Lipinski definition) is 9. The average molecular weight is 740 g/mol. The number of carbonyl (C=O) groups is 4. The summed E-state index contributed by atoms with van der Waals surface area (Å²) in [6.07, 6.45) is 1.78. The van der Waals surface area contributed by atoms with E-state index in [0.717, 1.165) is 5.56 Å². The van der Waals surface area contributed by atoms with Gasteiger partial charge in [0.1, 0.15) is 29.2 Å². The molecule has 4 amide bonds. The van der Waals surface area contributed by atoms with Crippen molar-refractivity contribution >= 4 is 44.6 Å². The quantitative estimate of drug-likeness (QED) is 0.163. The molecule has 3 N–H and O–H groups in total. The number of aromatic nitrogens is 1. The molecular formula is C39H41N5O8S. The molecule has 13 nitrogen and oxygen atoms in total. The third kappa shape index (κ3) is 8.02. The van der Waals surface area contributed by atoms with E-state index in [1.807, 2.05) is 43.3 Å². The van der Waals surface area contributed by atoms with Crippen LogP contribution in [0.5, 0.6) is 11.5 Å². The van der Waals surface area contributed by atoms with Gasteiger partial charge in [-0.25, -0.2) is 18.1 Å². The second-order valence-corrected chi connectivity index (χ2v) is 14.8. The normalized spacial score (nSPS) is 20.6. The Balaban J connectivity index is 1.28. The van der Waals surface area contributed by atoms with Gasteiger partial charge in [0.25, 0.3) is 15.9 Å². The number of likely N-dealkylation sites (tertiary alicyclic amines) is 1. The summed E-state index contributed by atoms with van der Waals surface area (Å²) >= 11 is 0. The lowest BCUT2D eigenvalue weighted by Gasteiger charge is -2.26. The van der Waals surface area contributed by atoms with E-state index in [2.05, 4.69) is 21.9 Å². The molecule has 1 aliphatic heterocycles. The first-order valence-corrected chi connectivity index (χ1v) is 18.8. The average Bonchev–Trinajstić information content (AvgIpc) is 3.72. The Labute approximate surface area is 307 Å². The van der Waals surface area contributed by atoms with Crippen LogP contribution in [0.25, 0.3) is 22.2 Å². The molecule has 276 valence electrons. The molecule has 3 aromatic carbocycles. The highest BCUT2D eigenvalue weighted by atomic mass is 32.2. The minimum atomic E-state index is -4.25. The Kier molecular flexibility index (Phi) is 10.8. The van der Waals surface area contributed by atoms with E-state index in [4.69, 9.17) is 14.5 Å². The Morgan fingerprint density at radius 3 is 2.40 bits per heavy atom. The summed E-state index contributed by atoms with van der Waals surface area (Å²) in [4.78, 5) is 59.7. The van der Waals surface area contributed by atoms with Crippen molar-refractivity contribution in [3.05, 3.63) is 97.6 Å². The van der Waals surface area contributed by atoms with E-state index in [0.29, 0.717) is 34.5 Å². The highest BCUT2D eigenvalue weighted by Crippen LogP contribution is 2.45. The van der Waals surface area contributed by atoms with Crippen molar-refractivity contribution in [3.8, 4) is 22.8 Å². The maximum Gasteiger partial charge on any atom is 0.264 e. The van der Waals surface area contributed by atoms with Crippen LogP contribution >= 0.6 is 0 Å². The maximum atomic E-state index is 14.1. The molecule has 2 aliphatic rings. The number of ether oxygens (including phenoxy) is 2. The van der Waals surface area contributed by atoms with E-state index in [-0.39, 0.29) is 43.2 Å². The van der Waals surface area contributed by atoms with Crippen LogP contribution in [-0.2, 0) is 29.2 Å². The molecule has 0 radical (unpaired) electrons. The predicted molar refractivity (Wildman–Crippen MR) is 197 cm³/mol. The number of rotatable bonds is 14. The Morgan fingerprint density at radius 2 is 1.74 bits per heavy atom. The zero-order chi connectivity index (χ0) is 37.8. The van der Waals surface area contributed by atoms with Crippen LogP contribution in [-0.4, -0.2) is 79.8 Å². The smallest absolute Gasteiger partial charge is 0.264 e. The summed E-state index contributed by atoms with van der Waals surface area (Å²) in [6, 6.07) is 23.1. The first kappa shape index (κ1) is 37.0. The van der Waals surface area contributed by atoms with Gasteiger partial charge >= 0.3 is 0 Å². The number of nitrogens with zero attached hydrogens (tertiary/aromatic N) is 2. The summed E-state index contributed by atoms with van der Waals surface area (Å²) in [5.74, 6) is -1.88. The first-order chi connectivity index (χ1) is 25.5. The van der Waals surface area contributed by atoms with Crippen LogP contribution in [0.2, 0.25) is 0 Å². The van der Waals surface area contributed by atoms with Crippen molar-refractivity contribution in [2.24, 2.45) is 5.92 Å². The molecule has 4 atom stereocenters. The number of pyridine rings is 1. The van der Waals surface area contributed by atoms with Crippen molar-refractivity contribution in [2.75, 3.05) is 20.2 Å². The van der Waals surface area contributed by atoms with E-state index in [1.54, 1.807) is 31.4 Å². The van der Waals surface area contributed by atoms with Gasteiger partial charge in [-0.1, -0.05) is 61.5 Å². The topological polar surface area (TPSA) is 173 Å². The highest BCUT2D eigenvalue weighted by Gasteiger charge is 2.61. The highest BCUT2D eigenvalue weighted by molar-refractivity contribution is 7.90. The largest absolute Gasteiger partial charge is 0.497 e. The Bertz CT molecular complexity index is 2150. The van der Waals surface area contributed by atoms with Gasteiger partial charge in [0, 0.05) is 41.8 Å². The molecule has 53 heavy (non-hydrogen) atoms. The third-order valence-electron chi connectivity index (χ3n) is 9.47. The van der Waals surface area contributed by atoms with Crippen LogP contribution in [0, 0.1) is 5.92 Å². The number of hydrogen-bond donors (Lipinski definition) is 3. The van der Waals surface area contributed by atoms with Gasteiger partial charge in [0.2, 0.25) is 17.7 Å². The fourth-order valence-electron chi connectivity index (χ4n) is 6.54. The van der Waals surface area contributed by atoms with E-state index in [1.165, 1.54) is 35.2 Å². The molecule has 6 rings (SSSR count). The predicted octanol–water partition coefficient (Wildman–Crippen LogP) is 3.74. The summed E-state index contributed by atoms with van der Waals surface area (Å²) in [6.45, 7) is 5.26. The van der Waals surface area contributed by atoms with Gasteiger partial charge in [0.15, 0.2) is 0 Å². The lowest BCUT2D eigenvalue weighted by Crippen LogP contribution is -2.56. The van der Waals surface area contributed by atoms with Gasteiger partial charge < -0.3 is 25.0 Å². The van der Waals surface area contributed by atoms with Crippen LogP contribution in [0.4, 0.5) is 0 Å². The SMILES string of the molecule is C=C[C@@H]1C[C@]1(NC(=O)[C@@H]1C[C@@H](Oc2cc(-c3ccccc3)nc3cc(OC)ccc23)CN1C(=O)CNC(=O)CCC)C(=O)NS(=O)(=O)c1ccccc1. The lowest BCUT2D eigenvalue weighted by molar-refractivity contribution is -0.140. The molecule has 2 heterocycles. The van der Waals surface area contributed by atoms with Gasteiger partial charge in [-0.15, -0.1) is 6.58 Å². The molecule has 2 fully saturated rings. The maximum absolute atomic E-state index is 14.1. The summed E-state index contributed by atoms with van der Waals surface area (Å²) in [5.41, 5.74) is 0.503. The second kappa shape index (κ2) is 15.5. The van der Waals surface area contributed by atoms with Crippen molar-refractivity contribution < 1.29 is 37.1 Å². The summed E-state index contributed by atoms with van der Waals surface area (Å²) in [5, 5.41) is 6.06. The summed E-state index contributed by atoms with van der Waals surface area (Å²) < 4.78 is 40.2. The van der Waals surface area contributed by atoms with Crippen LogP contribution in [0.3, 0.4) is 0 Å². The zero-order valence-corrected chi connectivity index (χ0v) is 30.2.